The van der Waals surface area contributed by atoms with Gasteiger partial charge in [0.2, 0.25) is 0 Å². The fourth-order valence-corrected chi connectivity index (χ4v) is 1.98. The van der Waals surface area contributed by atoms with Crippen LogP contribution in [0.3, 0.4) is 0 Å². The SMILES string of the molecule is CN(Cc1nccs1)C(=O)c1cccnc1. The van der Waals surface area contributed by atoms with Crippen LogP contribution in [0.25, 0.3) is 0 Å². The van der Waals surface area contributed by atoms with Crippen LogP contribution in [0.5, 0.6) is 0 Å². The van der Waals surface area contributed by atoms with E-state index < -0.39 is 0 Å². The first kappa shape index (κ1) is 10.8. The van der Waals surface area contributed by atoms with E-state index in [1.54, 1.807) is 54.0 Å². The number of rotatable bonds is 3. The van der Waals surface area contributed by atoms with Gasteiger partial charge < -0.3 is 4.90 Å². The second-order valence-corrected chi connectivity index (χ2v) is 4.31. The van der Waals surface area contributed by atoms with Crippen molar-refractivity contribution in [2.24, 2.45) is 0 Å². The van der Waals surface area contributed by atoms with E-state index in [0.29, 0.717) is 12.1 Å². The number of carbonyl (C=O) groups excluding carboxylic acids is 1. The van der Waals surface area contributed by atoms with Crippen molar-refractivity contribution in [2.75, 3.05) is 7.05 Å². The molecule has 2 aromatic heterocycles. The van der Waals surface area contributed by atoms with Crippen molar-refractivity contribution in [1.29, 1.82) is 0 Å². The lowest BCUT2D eigenvalue weighted by atomic mass is 10.2. The molecule has 0 spiro atoms. The molecule has 82 valence electrons. The average molecular weight is 233 g/mol. The summed E-state index contributed by atoms with van der Waals surface area (Å²) >= 11 is 1.54. The van der Waals surface area contributed by atoms with E-state index in [4.69, 9.17) is 0 Å². The third kappa shape index (κ3) is 2.43. The minimum atomic E-state index is -0.0386. The van der Waals surface area contributed by atoms with E-state index in [1.807, 2.05) is 5.38 Å². The molecule has 0 aliphatic carbocycles. The lowest BCUT2D eigenvalue weighted by Crippen LogP contribution is -2.26. The highest BCUT2D eigenvalue weighted by atomic mass is 32.1. The lowest BCUT2D eigenvalue weighted by Gasteiger charge is -2.15. The predicted molar refractivity (Wildman–Crippen MR) is 62.1 cm³/mol. The minimum absolute atomic E-state index is 0.0386. The Morgan fingerprint density at radius 3 is 3.00 bits per heavy atom. The third-order valence-corrected chi connectivity index (χ3v) is 2.88. The predicted octanol–water partition coefficient (Wildman–Crippen LogP) is 1.81. The van der Waals surface area contributed by atoms with Crippen molar-refractivity contribution in [3.05, 3.63) is 46.7 Å². The van der Waals surface area contributed by atoms with Crippen LogP contribution in [0.4, 0.5) is 0 Å². The van der Waals surface area contributed by atoms with Gasteiger partial charge in [0.25, 0.3) is 5.91 Å². The van der Waals surface area contributed by atoms with Crippen LogP contribution >= 0.6 is 11.3 Å². The van der Waals surface area contributed by atoms with E-state index in [2.05, 4.69) is 9.97 Å². The summed E-state index contributed by atoms with van der Waals surface area (Å²) in [5.41, 5.74) is 0.599. The first-order valence-corrected chi connectivity index (χ1v) is 5.69. The molecule has 0 aromatic carbocycles. The lowest BCUT2D eigenvalue weighted by molar-refractivity contribution is 0.0784. The topological polar surface area (TPSA) is 46.1 Å². The highest BCUT2D eigenvalue weighted by Crippen LogP contribution is 2.09. The Kier molecular flexibility index (Phi) is 3.26. The first-order valence-electron chi connectivity index (χ1n) is 4.81. The summed E-state index contributed by atoms with van der Waals surface area (Å²) in [6.45, 7) is 0.533. The molecule has 0 N–H and O–H groups in total. The molecule has 0 saturated carbocycles. The van der Waals surface area contributed by atoms with E-state index in [-0.39, 0.29) is 5.91 Å². The zero-order valence-electron chi connectivity index (χ0n) is 8.83. The molecule has 4 nitrogen and oxygen atoms in total. The van der Waals surface area contributed by atoms with Gasteiger partial charge in [-0.25, -0.2) is 4.98 Å². The van der Waals surface area contributed by atoms with Gasteiger partial charge in [-0.3, -0.25) is 9.78 Å². The average Bonchev–Trinajstić information content (AvgIpc) is 2.82. The summed E-state index contributed by atoms with van der Waals surface area (Å²) in [5, 5.41) is 2.83. The number of thiazole rings is 1. The van der Waals surface area contributed by atoms with Gasteiger partial charge in [-0.1, -0.05) is 0 Å². The molecule has 16 heavy (non-hydrogen) atoms. The van der Waals surface area contributed by atoms with Gasteiger partial charge >= 0.3 is 0 Å². The molecule has 0 aliphatic rings. The fourth-order valence-electron chi connectivity index (χ4n) is 1.32. The highest BCUT2D eigenvalue weighted by Gasteiger charge is 2.12. The molecule has 0 unspecified atom stereocenters. The second-order valence-electron chi connectivity index (χ2n) is 3.33. The van der Waals surface area contributed by atoms with Crippen molar-refractivity contribution in [1.82, 2.24) is 14.9 Å². The quantitative estimate of drug-likeness (QED) is 0.812. The Labute approximate surface area is 97.6 Å². The number of amides is 1. The van der Waals surface area contributed by atoms with Crippen molar-refractivity contribution < 1.29 is 4.79 Å². The Morgan fingerprint density at radius 1 is 1.50 bits per heavy atom. The molecule has 0 aliphatic heterocycles. The number of aromatic nitrogens is 2. The number of nitrogens with zero attached hydrogens (tertiary/aromatic N) is 3. The normalized spacial score (nSPS) is 10.1. The summed E-state index contributed by atoms with van der Waals surface area (Å²) in [7, 11) is 1.76. The molecule has 0 fully saturated rings. The van der Waals surface area contributed by atoms with Crippen LogP contribution in [0.15, 0.2) is 36.1 Å². The van der Waals surface area contributed by atoms with Gasteiger partial charge in [-0.15, -0.1) is 11.3 Å². The molecule has 0 bridgehead atoms. The summed E-state index contributed by atoms with van der Waals surface area (Å²) in [5.74, 6) is -0.0386. The monoisotopic (exact) mass is 233 g/mol. The smallest absolute Gasteiger partial charge is 0.255 e. The molecular weight excluding hydrogens is 222 g/mol. The molecule has 2 rings (SSSR count). The maximum Gasteiger partial charge on any atom is 0.255 e. The summed E-state index contributed by atoms with van der Waals surface area (Å²) in [6, 6.07) is 3.51. The Morgan fingerprint density at radius 2 is 2.38 bits per heavy atom. The van der Waals surface area contributed by atoms with Crippen molar-refractivity contribution in [3.8, 4) is 0 Å². The van der Waals surface area contributed by atoms with E-state index in [0.717, 1.165) is 5.01 Å². The van der Waals surface area contributed by atoms with E-state index in [1.165, 1.54) is 0 Å². The highest BCUT2D eigenvalue weighted by molar-refractivity contribution is 7.09. The Bertz CT molecular complexity index is 455. The van der Waals surface area contributed by atoms with Crippen molar-refractivity contribution >= 4 is 17.2 Å². The molecule has 0 atom stereocenters. The summed E-state index contributed by atoms with van der Waals surface area (Å²) < 4.78 is 0. The number of pyridine rings is 1. The van der Waals surface area contributed by atoms with Gasteiger partial charge in [0.05, 0.1) is 12.1 Å². The van der Waals surface area contributed by atoms with Gasteiger partial charge in [-0.05, 0) is 12.1 Å². The number of hydrogen-bond donors (Lipinski definition) is 0. The first-order chi connectivity index (χ1) is 7.77. The van der Waals surface area contributed by atoms with E-state index >= 15 is 0 Å². The largest absolute Gasteiger partial charge is 0.335 e. The molecule has 0 saturated heterocycles. The standard InChI is InChI=1S/C11H11N3OS/c1-14(8-10-13-5-6-16-10)11(15)9-3-2-4-12-7-9/h2-7H,8H2,1H3. The van der Waals surface area contributed by atoms with Gasteiger partial charge in [-0.2, -0.15) is 0 Å². The van der Waals surface area contributed by atoms with Gasteiger partial charge in [0.1, 0.15) is 5.01 Å². The molecule has 2 aromatic rings. The molecule has 1 amide bonds. The third-order valence-electron chi connectivity index (χ3n) is 2.11. The van der Waals surface area contributed by atoms with Gasteiger partial charge in [0.15, 0.2) is 0 Å². The number of carbonyl (C=O) groups is 1. The fraction of sp³-hybridized carbons (Fsp3) is 0.182. The minimum Gasteiger partial charge on any atom is -0.335 e. The van der Waals surface area contributed by atoms with Crippen molar-refractivity contribution in [3.63, 3.8) is 0 Å². The van der Waals surface area contributed by atoms with Gasteiger partial charge in [0, 0.05) is 31.0 Å². The summed E-state index contributed by atoms with van der Waals surface area (Å²) in [6.07, 6.45) is 4.96. The van der Waals surface area contributed by atoms with Crippen LogP contribution in [0.1, 0.15) is 15.4 Å². The molecule has 5 heteroatoms. The molecular formula is C11H11N3OS. The van der Waals surface area contributed by atoms with Crippen LogP contribution in [-0.4, -0.2) is 27.8 Å². The van der Waals surface area contributed by atoms with Crippen LogP contribution in [0.2, 0.25) is 0 Å². The molecule has 0 radical (unpaired) electrons. The second kappa shape index (κ2) is 4.85. The maximum atomic E-state index is 11.9. The Hall–Kier alpha value is -1.75. The zero-order valence-corrected chi connectivity index (χ0v) is 9.65. The van der Waals surface area contributed by atoms with Crippen LogP contribution in [-0.2, 0) is 6.54 Å². The van der Waals surface area contributed by atoms with Crippen LogP contribution < -0.4 is 0 Å². The van der Waals surface area contributed by atoms with Crippen LogP contribution in [0, 0.1) is 0 Å². The summed E-state index contributed by atoms with van der Waals surface area (Å²) in [4.78, 5) is 21.6. The Balaban J connectivity index is 2.05. The van der Waals surface area contributed by atoms with Crippen molar-refractivity contribution in [2.45, 2.75) is 6.54 Å². The van der Waals surface area contributed by atoms with E-state index in [9.17, 15) is 4.79 Å². The molecule has 2 heterocycles. The zero-order chi connectivity index (χ0) is 11.4. The number of hydrogen-bond acceptors (Lipinski definition) is 4. The maximum absolute atomic E-state index is 11.9.